The van der Waals surface area contributed by atoms with Gasteiger partial charge < -0.3 is 14.8 Å². The molecule has 2 heterocycles. The van der Waals surface area contributed by atoms with Crippen LogP contribution in [0.3, 0.4) is 0 Å². The number of halogens is 5. The van der Waals surface area contributed by atoms with Crippen molar-refractivity contribution in [1.82, 2.24) is 15.2 Å². The highest BCUT2D eigenvalue weighted by molar-refractivity contribution is 7.90. The molecule has 15 heteroatoms. The van der Waals surface area contributed by atoms with Crippen LogP contribution < -0.4 is 14.8 Å². The van der Waals surface area contributed by atoms with E-state index in [-0.39, 0.29) is 29.0 Å². The first-order valence-electron chi connectivity index (χ1n) is 10.8. The molecule has 9 nitrogen and oxygen atoms in total. The van der Waals surface area contributed by atoms with Crippen LogP contribution in [-0.4, -0.2) is 42.9 Å². The molecule has 0 unspecified atom stereocenters. The first-order valence-corrected chi connectivity index (χ1v) is 12.7. The molecule has 38 heavy (non-hydrogen) atoms. The average Bonchev–Trinajstić information content (AvgIpc) is 3.56. The quantitative estimate of drug-likeness (QED) is 0.413. The number of aromatic nitrogens is 3. The van der Waals surface area contributed by atoms with Gasteiger partial charge in [-0.15, -0.1) is 10.2 Å². The molecule has 1 fully saturated rings. The highest BCUT2D eigenvalue weighted by Gasteiger charge is 2.48. The molecule has 0 saturated heterocycles. The summed E-state index contributed by atoms with van der Waals surface area (Å²) in [4.78, 5) is 16.8. The van der Waals surface area contributed by atoms with Crippen molar-refractivity contribution >= 4 is 21.4 Å². The first kappa shape index (κ1) is 27.2. The van der Waals surface area contributed by atoms with Gasteiger partial charge in [0.05, 0.1) is 12.0 Å². The van der Waals surface area contributed by atoms with E-state index in [1.807, 2.05) is 0 Å². The van der Waals surface area contributed by atoms with Crippen molar-refractivity contribution < 1.29 is 44.6 Å². The van der Waals surface area contributed by atoms with Crippen LogP contribution >= 0.6 is 0 Å². The molecule has 1 aliphatic rings. The maximum atomic E-state index is 15.0. The lowest BCUT2D eigenvalue weighted by Gasteiger charge is -2.17. The number of pyridine rings is 1. The zero-order chi connectivity index (χ0) is 28.0. The molecule has 4 rings (SSSR count). The van der Waals surface area contributed by atoms with Crippen molar-refractivity contribution in [2.75, 3.05) is 18.7 Å². The summed E-state index contributed by atoms with van der Waals surface area (Å²) in [5.41, 5.74) is -5.27. The Labute approximate surface area is 212 Å². The summed E-state index contributed by atoms with van der Waals surface area (Å²) in [6.07, 6.45) is -3.05. The van der Waals surface area contributed by atoms with E-state index in [9.17, 15) is 35.2 Å². The Hall–Kier alpha value is -3.88. The van der Waals surface area contributed by atoms with E-state index >= 15 is 0 Å². The molecule has 0 atom stereocenters. The molecule has 3 aromatic rings. The molecular formula is C23H19F5N4O5S. The van der Waals surface area contributed by atoms with Crippen molar-refractivity contribution in [3.8, 4) is 17.5 Å². The lowest BCUT2D eigenvalue weighted by Crippen LogP contribution is -2.21. The predicted molar refractivity (Wildman–Crippen MR) is 122 cm³/mol. The number of methoxy groups -OCH3 is 1. The molecule has 0 radical (unpaired) electrons. The van der Waals surface area contributed by atoms with E-state index in [1.54, 1.807) is 0 Å². The van der Waals surface area contributed by atoms with Crippen LogP contribution in [0.25, 0.3) is 0 Å². The molecule has 0 aliphatic heterocycles. The van der Waals surface area contributed by atoms with Gasteiger partial charge in [0.25, 0.3) is 17.7 Å². The molecule has 2 aromatic heterocycles. The van der Waals surface area contributed by atoms with Gasteiger partial charge in [0, 0.05) is 23.7 Å². The number of benzene rings is 1. The number of amides is 1. The van der Waals surface area contributed by atoms with Gasteiger partial charge in [-0.2, -0.15) is 13.2 Å². The predicted octanol–water partition coefficient (Wildman–Crippen LogP) is 4.75. The summed E-state index contributed by atoms with van der Waals surface area (Å²) in [5, 5.41) is 8.77. The van der Waals surface area contributed by atoms with Crippen LogP contribution in [0.4, 0.5) is 27.6 Å². The number of carbonyl (C=O) groups excluding carboxylic acids is 1. The third kappa shape index (κ3) is 5.23. The van der Waals surface area contributed by atoms with E-state index < -0.39 is 67.7 Å². The number of anilines is 1. The van der Waals surface area contributed by atoms with Gasteiger partial charge >= 0.3 is 6.18 Å². The van der Waals surface area contributed by atoms with Gasteiger partial charge in [-0.05, 0) is 43.5 Å². The van der Waals surface area contributed by atoms with Gasteiger partial charge in [-0.1, -0.05) is 6.07 Å². The lowest BCUT2D eigenvalue weighted by atomic mass is 10.1. The van der Waals surface area contributed by atoms with Crippen LogP contribution in [0, 0.1) is 12.7 Å². The van der Waals surface area contributed by atoms with E-state index in [4.69, 9.17) is 9.47 Å². The van der Waals surface area contributed by atoms with E-state index in [1.165, 1.54) is 18.2 Å². The van der Waals surface area contributed by atoms with Crippen LogP contribution in [-0.2, 0) is 21.7 Å². The monoisotopic (exact) mass is 558 g/mol. The Morgan fingerprint density at radius 3 is 2.42 bits per heavy atom. The van der Waals surface area contributed by atoms with Crippen molar-refractivity contribution in [1.29, 1.82) is 0 Å². The maximum absolute atomic E-state index is 15.0. The van der Waals surface area contributed by atoms with Crippen molar-refractivity contribution in [3.63, 3.8) is 0 Å². The Bertz CT molecular complexity index is 1540. The molecular weight excluding hydrogens is 539 g/mol. The van der Waals surface area contributed by atoms with Gasteiger partial charge in [0.1, 0.15) is 11.2 Å². The molecule has 1 amide bonds. The van der Waals surface area contributed by atoms with Crippen LogP contribution in [0.2, 0.25) is 0 Å². The number of alkyl halides is 4. The largest absolute Gasteiger partial charge is 0.489 e. The number of nitrogens with one attached hydrogen (secondary N) is 1. The second-order valence-corrected chi connectivity index (χ2v) is 10.5. The van der Waals surface area contributed by atoms with Crippen molar-refractivity contribution in [3.05, 3.63) is 58.7 Å². The van der Waals surface area contributed by atoms with Crippen LogP contribution in [0.15, 0.2) is 35.4 Å². The third-order valence-corrected chi connectivity index (χ3v) is 6.82. The molecule has 1 N–H and O–H groups in total. The minimum atomic E-state index is -5.00. The lowest BCUT2D eigenvalue weighted by molar-refractivity contribution is -0.142. The molecule has 0 bridgehead atoms. The van der Waals surface area contributed by atoms with E-state index in [0.29, 0.717) is 0 Å². The average molecular weight is 558 g/mol. The van der Waals surface area contributed by atoms with Crippen LogP contribution in [0.5, 0.6) is 17.5 Å². The Morgan fingerprint density at radius 2 is 1.84 bits per heavy atom. The molecule has 1 aromatic carbocycles. The number of hydrogen-bond donors (Lipinski definition) is 1. The number of carbonyl (C=O) groups is 1. The van der Waals surface area contributed by atoms with Gasteiger partial charge in [0.2, 0.25) is 5.75 Å². The third-order valence-electron chi connectivity index (χ3n) is 5.71. The smallest absolute Gasteiger partial charge is 0.435 e. The normalized spacial score (nSPS) is 14.6. The first-order chi connectivity index (χ1) is 17.7. The van der Waals surface area contributed by atoms with Gasteiger partial charge in [-0.3, -0.25) is 4.79 Å². The second kappa shape index (κ2) is 9.45. The summed E-state index contributed by atoms with van der Waals surface area (Å²) < 4.78 is 104. The number of ether oxygens (including phenoxy) is 2. The molecule has 1 saturated carbocycles. The number of hydrogen-bond acceptors (Lipinski definition) is 8. The highest BCUT2D eigenvalue weighted by Crippen LogP contribution is 2.52. The topological polar surface area (TPSA) is 120 Å². The standard InChI is InChI=1S/C23H19F5N4O5S/c1-11-15(19(33)30-12-5-4-6-13(9-12)38(3,34)35)20(32-31-18(11)23(26,27)28)37-21-17(36-2)16(24)14(10-29-21)22(25)7-8-22/h4-6,9-10H,7-8H2,1-3H3,(H,30,33). The van der Waals surface area contributed by atoms with Crippen LogP contribution in [0.1, 0.15) is 40.0 Å². The minimum absolute atomic E-state index is 0.0579. The number of sulfone groups is 1. The maximum Gasteiger partial charge on any atom is 0.435 e. The Morgan fingerprint density at radius 1 is 1.16 bits per heavy atom. The fraction of sp³-hybridized carbons (Fsp3) is 0.304. The molecule has 1 aliphatic carbocycles. The number of nitrogens with zero attached hydrogens (tertiary/aromatic N) is 3. The summed E-state index contributed by atoms with van der Waals surface area (Å²) >= 11 is 0. The number of rotatable bonds is 7. The van der Waals surface area contributed by atoms with Gasteiger partial charge in [0.15, 0.2) is 21.3 Å². The summed E-state index contributed by atoms with van der Waals surface area (Å²) in [5.74, 6) is -4.37. The second-order valence-electron chi connectivity index (χ2n) is 8.50. The summed E-state index contributed by atoms with van der Waals surface area (Å²) in [6, 6.07) is 5.00. The van der Waals surface area contributed by atoms with E-state index in [0.717, 1.165) is 32.6 Å². The zero-order valence-electron chi connectivity index (χ0n) is 20.0. The van der Waals surface area contributed by atoms with Crippen molar-refractivity contribution in [2.45, 2.75) is 36.5 Å². The Kier molecular flexibility index (Phi) is 6.76. The van der Waals surface area contributed by atoms with Gasteiger partial charge in [-0.25, -0.2) is 22.2 Å². The van der Waals surface area contributed by atoms with Crippen molar-refractivity contribution in [2.24, 2.45) is 0 Å². The fourth-order valence-corrected chi connectivity index (χ4v) is 4.26. The SMILES string of the molecule is COc1c(Oc2nnc(C(F)(F)F)c(C)c2C(=O)Nc2cccc(S(C)(=O)=O)c2)ncc(C2(F)CC2)c1F. The Balaban J connectivity index is 1.78. The summed E-state index contributed by atoms with van der Waals surface area (Å²) in [7, 11) is -2.62. The molecule has 202 valence electrons. The van der Waals surface area contributed by atoms with E-state index in [2.05, 4.69) is 20.5 Å². The minimum Gasteiger partial charge on any atom is -0.489 e. The fourth-order valence-electron chi connectivity index (χ4n) is 3.59. The summed E-state index contributed by atoms with van der Waals surface area (Å²) in [6.45, 7) is 0.945. The zero-order valence-corrected chi connectivity index (χ0v) is 20.8. The molecule has 0 spiro atoms. The highest BCUT2D eigenvalue weighted by atomic mass is 32.2.